The zero-order valence-electron chi connectivity index (χ0n) is 8.59. The molecule has 17 heavy (non-hydrogen) atoms. The summed E-state index contributed by atoms with van der Waals surface area (Å²) in [4.78, 5) is -0.0134. The highest BCUT2D eigenvalue weighted by Gasteiger charge is 2.15. The Morgan fingerprint density at radius 3 is 2.53 bits per heavy atom. The summed E-state index contributed by atoms with van der Waals surface area (Å²) in [6.07, 6.45) is 2.12. The van der Waals surface area contributed by atoms with Crippen molar-refractivity contribution < 1.29 is 13.2 Å². The fourth-order valence-electron chi connectivity index (χ4n) is 1.51. The number of furan rings is 1. The lowest BCUT2D eigenvalue weighted by atomic mass is 10.1. The molecule has 0 radical (unpaired) electrons. The molecule has 0 spiro atoms. The van der Waals surface area contributed by atoms with Crippen LogP contribution in [0.2, 0.25) is 0 Å². The molecule has 0 N–H and O–H groups in total. The lowest BCUT2D eigenvalue weighted by Gasteiger charge is -2.08. The molecule has 0 amide bonds. The van der Waals surface area contributed by atoms with Gasteiger partial charge in [-0.1, -0.05) is 22.0 Å². The van der Waals surface area contributed by atoms with Crippen LogP contribution in [0.25, 0.3) is 0 Å². The van der Waals surface area contributed by atoms with E-state index in [1.54, 1.807) is 12.3 Å². The predicted octanol–water partition coefficient (Wildman–Crippen LogP) is 5.00. The quantitative estimate of drug-likeness (QED) is 0.697. The van der Waals surface area contributed by atoms with Crippen LogP contribution in [0.5, 0.6) is 0 Å². The van der Waals surface area contributed by atoms with E-state index in [-0.39, 0.29) is 4.83 Å². The van der Waals surface area contributed by atoms with Gasteiger partial charge < -0.3 is 4.42 Å². The van der Waals surface area contributed by atoms with Gasteiger partial charge in [0.25, 0.3) is 0 Å². The molecule has 1 heterocycles. The van der Waals surface area contributed by atoms with Crippen molar-refractivity contribution in [1.29, 1.82) is 0 Å². The van der Waals surface area contributed by atoms with Gasteiger partial charge >= 0.3 is 0 Å². The molecule has 1 aromatic carbocycles. The van der Waals surface area contributed by atoms with E-state index < -0.39 is 11.6 Å². The van der Waals surface area contributed by atoms with Gasteiger partial charge in [-0.25, -0.2) is 8.78 Å². The summed E-state index contributed by atoms with van der Waals surface area (Å²) < 4.78 is 31.6. The van der Waals surface area contributed by atoms with Crippen molar-refractivity contribution in [2.45, 2.75) is 11.2 Å². The van der Waals surface area contributed by atoms with Crippen molar-refractivity contribution in [2.75, 3.05) is 0 Å². The van der Waals surface area contributed by atoms with E-state index >= 15 is 0 Å². The van der Waals surface area contributed by atoms with Gasteiger partial charge in [0.15, 0.2) is 16.3 Å². The second-order valence-electron chi connectivity index (χ2n) is 3.57. The fraction of sp³-hybridized carbons (Fsp3) is 0.167. The smallest absolute Gasteiger partial charge is 0.173 e. The zero-order chi connectivity index (χ0) is 12.4. The van der Waals surface area contributed by atoms with Crippen molar-refractivity contribution in [3.05, 3.63) is 58.0 Å². The third-order valence-electron chi connectivity index (χ3n) is 2.38. The van der Waals surface area contributed by atoms with Crippen molar-refractivity contribution in [2.24, 2.45) is 0 Å². The molecule has 0 aliphatic carbocycles. The Balaban J connectivity index is 2.16. The van der Waals surface area contributed by atoms with Crippen LogP contribution in [-0.4, -0.2) is 0 Å². The van der Waals surface area contributed by atoms with E-state index in [9.17, 15) is 8.78 Å². The van der Waals surface area contributed by atoms with E-state index in [1.165, 1.54) is 6.07 Å². The average Bonchev–Trinajstić information content (AvgIpc) is 2.70. The first-order valence-electron chi connectivity index (χ1n) is 4.89. The number of rotatable bonds is 3. The van der Waals surface area contributed by atoms with Gasteiger partial charge in [-0.15, -0.1) is 0 Å². The van der Waals surface area contributed by atoms with Gasteiger partial charge in [0.2, 0.25) is 0 Å². The molecule has 0 aliphatic heterocycles. The summed E-state index contributed by atoms with van der Waals surface area (Å²) in [7, 11) is 0. The van der Waals surface area contributed by atoms with Crippen LogP contribution in [0.1, 0.15) is 16.0 Å². The van der Waals surface area contributed by atoms with Gasteiger partial charge in [-0.2, -0.15) is 0 Å². The molecule has 5 heteroatoms. The molecule has 1 atom stereocenters. The summed E-state index contributed by atoms with van der Waals surface area (Å²) in [5.74, 6) is -1.65. The Morgan fingerprint density at radius 1 is 1.18 bits per heavy atom. The Labute approximate surface area is 114 Å². The summed E-state index contributed by atoms with van der Waals surface area (Å²) >= 11 is 6.77. The molecule has 1 unspecified atom stereocenters. The standard InChI is InChI=1S/C12H8Br2F2O/c13-9(8-3-4-17-12(8)14)5-7-1-2-10(15)11(16)6-7/h1-4,6,9H,5H2. The third kappa shape index (κ3) is 2.96. The number of halogens is 4. The Hall–Kier alpha value is -0.680. The summed E-state index contributed by atoms with van der Waals surface area (Å²) in [5, 5.41) is 0. The van der Waals surface area contributed by atoms with Crippen molar-refractivity contribution in [3.8, 4) is 0 Å². The summed E-state index contributed by atoms with van der Waals surface area (Å²) in [5.41, 5.74) is 1.66. The first kappa shape index (κ1) is 12.8. The van der Waals surface area contributed by atoms with Gasteiger partial charge in [0, 0.05) is 10.4 Å². The lowest BCUT2D eigenvalue weighted by molar-refractivity contribution is 0.507. The maximum Gasteiger partial charge on any atom is 0.173 e. The Bertz CT molecular complexity index is 525. The summed E-state index contributed by atoms with van der Waals surface area (Å²) in [6, 6.07) is 5.73. The van der Waals surface area contributed by atoms with E-state index in [1.807, 2.05) is 6.07 Å². The van der Waals surface area contributed by atoms with E-state index in [4.69, 9.17) is 4.42 Å². The maximum atomic E-state index is 13.0. The van der Waals surface area contributed by atoms with E-state index in [0.717, 1.165) is 17.2 Å². The van der Waals surface area contributed by atoms with Gasteiger partial charge in [-0.3, -0.25) is 0 Å². The van der Waals surface area contributed by atoms with Gasteiger partial charge in [0.1, 0.15) is 0 Å². The monoisotopic (exact) mass is 364 g/mol. The van der Waals surface area contributed by atoms with Crippen LogP contribution in [-0.2, 0) is 6.42 Å². The van der Waals surface area contributed by atoms with E-state index in [2.05, 4.69) is 31.9 Å². The minimum atomic E-state index is -0.829. The second kappa shape index (κ2) is 5.31. The molecular weight excluding hydrogens is 358 g/mol. The third-order valence-corrected chi connectivity index (χ3v) is 3.84. The predicted molar refractivity (Wildman–Crippen MR) is 68.1 cm³/mol. The van der Waals surface area contributed by atoms with E-state index in [0.29, 0.717) is 11.1 Å². The first-order valence-corrected chi connectivity index (χ1v) is 6.59. The average molecular weight is 366 g/mol. The highest BCUT2D eigenvalue weighted by Crippen LogP contribution is 2.33. The molecule has 0 saturated heterocycles. The lowest BCUT2D eigenvalue weighted by Crippen LogP contribution is -1.96. The van der Waals surface area contributed by atoms with Crippen LogP contribution >= 0.6 is 31.9 Å². The molecule has 0 saturated carbocycles. The second-order valence-corrected chi connectivity index (χ2v) is 5.40. The Morgan fingerprint density at radius 2 is 1.94 bits per heavy atom. The number of alkyl halides is 1. The Kier molecular flexibility index (Phi) is 3.99. The van der Waals surface area contributed by atoms with Crippen LogP contribution in [0.4, 0.5) is 8.78 Å². The molecule has 1 nitrogen and oxygen atoms in total. The van der Waals surface area contributed by atoms with Gasteiger partial charge in [-0.05, 0) is 46.1 Å². The zero-order valence-corrected chi connectivity index (χ0v) is 11.8. The number of hydrogen-bond donors (Lipinski definition) is 0. The minimum Gasteiger partial charge on any atom is -0.457 e. The van der Waals surface area contributed by atoms with Crippen LogP contribution in [0.15, 0.2) is 39.6 Å². The topological polar surface area (TPSA) is 13.1 Å². The SMILES string of the molecule is Fc1ccc(CC(Br)c2ccoc2Br)cc1F. The van der Waals surface area contributed by atoms with Crippen molar-refractivity contribution in [3.63, 3.8) is 0 Å². The number of benzene rings is 1. The van der Waals surface area contributed by atoms with Gasteiger partial charge in [0.05, 0.1) is 6.26 Å². The molecule has 2 aromatic rings. The van der Waals surface area contributed by atoms with Crippen LogP contribution in [0, 0.1) is 11.6 Å². The molecular formula is C12H8Br2F2O. The summed E-state index contributed by atoms with van der Waals surface area (Å²) in [6.45, 7) is 0. The fourth-order valence-corrected chi connectivity index (χ4v) is 3.07. The normalized spacial score (nSPS) is 12.7. The molecule has 0 aliphatic rings. The molecule has 0 fully saturated rings. The molecule has 1 aromatic heterocycles. The molecule has 2 rings (SSSR count). The first-order chi connectivity index (χ1) is 8.08. The maximum absolute atomic E-state index is 13.0. The van der Waals surface area contributed by atoms with Crippen LogP contribution < -0.4 is 0 Å². The van der Waals surface area contributed by atoms with Crippen LogP contribution in [0.3, 0.4) is 0 Å². The van der Waals surface area contributed by atoms with Crippen molar-refractivity contribution in [1.82, 2.24) is 0 Å². The highest BCUT2D eigenvalue weighted by molar-refractivity contribution is 9.10. The highest BCUT2D eigenvalue weighted by atomic mass is 79.9. The molecule has 90 valence electrons. The largest absolute Gasteiger partial charge is 0.457 e. The molecule has 0 bridgehead atoms. The van der Waals surface area contributed by atoms with Crippen molar-refractivity contribution >= 4 is 31.9 Å². The number of hydrogen-bond acceptors (Lipinski definition) is 1. The minimum absolute atomic E-state index is 0.0134.